The Balaban J connectivity index is 2.39. The molecule has 1 aromatic rings. The molecule has 0 saturated heterocycles. The zero-order chi connectivity index (χ0) is 19.8. The zero-order valence-electron chi connectivity index (χ0n) is 12.9. The Kier molecular flexibility index (Phi) is 5.76. The minimum absolute atomic E-state index is 0.505. The number of hydrogen-bond acceptors (Lipinski definition) is 4. The van der Waals surface area contributed by atoms with E-state index in [1.54, 1.807) is 0 Å². The lowest BCUT2D eigenvalue weighted by Gasteiger charge is -2.28. The smallest absolute Gasteiger partial charge is 0.445 e. The maximum absolute atomic E-state index is 13.8. The van der Waals surface area contributed by atoms with E-state index in [-0.39, 0.29) is 0 Å². The van der Waals surface area contributed by atoms with Crippen LogP contribution in [0.4, 0.5) is 35.1 Å². The molecular formula is C14H11F8NO3. The lowest BCUT2D eigenvalue weighted by Crippen LogP contribution is -2.38. The van der Waals surface area contributed by atoms with Gasteiger partial charge in [0.25, 0.3) is 5.90 Å². The van der Waals surface area contributed by atoms with Crippen LogP contribution in [-0.4, -0.2) is 36.6 Å². The summed E-state index contributed by atoms with van der Waals surface area (Å²) in [5.74, 6) is -12.9. The van der Waals surface area contributed by atoms with Crippen molar-refractivity contribution in [1.82, 2.24) is 0 Å². The van der Waals surface area contributed by atoms with Gasteiger partial charge in [0.05, 0.1) is 17.7 Å². The maximum Gasteiger partial charge on any atom is 0.468 e. The van der Waals surface area contributed by atoms with Gasteiger partial charge in [-0.3, -0.25) is 0 Å². The molecule has 2 rings (SSSR count). The second-order valence-corrected chi connectivity index (χ2v) is 5.34. The van der Waals surface area contributed by atoms with Crippen LogP contribution in [0.25, 0.3) is 0 Å². The molecule has 1 aliphatic rings. The standard InChI is InChI=1S/C14H11F8NO3/c1-25-5(7-8(15)10(17)12(19)11(18)9(7)16)2-4-3-6(24)26-13(23-4)14(20,21)22/h4-6,24H,2-3H2,1H3. The van der Waals surface area contributed by atoms with Crippen LogP contribution in [0.1, 0.15) is 24.5 Å². The number of halogens is 8. The molecule has 0 fully saturated rings. The van der Waals surface area contributed by atoms with Crippen molar-refractivity contribution in [2.75, 3.05) is 7.11 Å². The lowest BCUT2D eigenvalue weighted by molar-refractivity contribution is -0.121. The molecule has 0 spiro atoms. The summed E-state index contributed by atoms with van der Waals surface area (Å²) in [7, 11) is 0.868. The van der Waals surface area contributed by atoms with Gasteiger partial charge in [-0.2, -0.15) is 13.2 Å². The number of aliphatic hydroxyl groups is 1. The summed E-state index contributed by atoms with van der Waals surface area (Å²) in [5, 5.41) is 9.34. The van der Waals surface area contributed by atoms with Crippen LogP contribution in [0.2, 0.25) is 0 Å². The summed E-state index contributed by atoms with van der Waals surface area (Å²) in [6.45, 7) is 0. The highest BCUT2D eigenvalue weighted by atomic mass is 19.4. The molecule has 0 amide bonds. The molecule has 1 N–H and O–H groups in total. The third-order valence-electron chi connectivity index (χ3n) is 3.60. The minimum atomic E-state index is -5.03. The highest BCUT2D eigenvalue weighted by Gasteiger charge is 2.43. The highest BCUT2D eigenvalue weighted by Crippen LogP contribution is 2.35. The van der Waals surface area contributed by atoms with Crippen LogP contribution in [-0.2, 0) is 9.47 Å². The average Bonchev–Trinajstić information content (AvgIpc) is 2.56. The van der Waals surface area contributed by atoms with Crippen molar-refractivity contribution in [3.8, 4) is 0 Å². The fraction of sp³-hybridized carbons (Fsp3) is 0.500. The molecule has 0 radical (unpaired) electrons. The van der Waals surface area contributed by atoms with Crippen molar-refractivity contribution >= 4 is 5.90 Å². The summed E-state index contributed by atoms with van der Waals surface area (Å²) in [5.41, 5.74) is -1.34. The molecule has 0 saturated carbocycles. The van der Waals surface area contributed by atoms with Crippen LogP contribution in [0.5, 0.6) is 0 Å². The number of aliphatic hydroxyl groups excluding tert-OH is 1. The number of nitrogens with zero attached hydrogens (tertiary/aromatic N) is 1. The predicted octanol–water partition coefficient (Wildman–Crippen LogP) is 3.53. The molecule has 0 aromatic heterocycles. The topological polar surface area (TPSA) is 51.0 Å². The third kappa shape index (κ3) is 3.90. The second-order valence-electron chi connectivity index (χ2n) is 5.34. The minimum Gasteiger partial charge on any atom is -0.445 e. The van der Waals surface area contributed by atoms with Gasteiger partial charge in [0, 0.05) is 20.0 Å². The van der Waals surface area contributed by atoms with Crippen LogP contribution >= 0.6 is 0 Å². The van der Waals surface area contributed by atoms with E-state index in [1.807, 2.05) is 0 Å². The summed E-state index contributed by atoms with van der Waals surface area (Å²) in [6, 6.07) is -1.41. The van der Waals surface area contributed by atoms with Crippen molar-refractivity contribution in [2.24, 2.45) is 4.99 Å². The quantitative estimate of drug-likeness (QED) is 0.484. The van der Waals surface area contributed by atoms with Gasteiger partial charge >= 0.3 is 6.18 Å². The Morgan fingerprint density at radius 2 is 1.58 bits per heavy atom. The van der Waals surface area contributed by atoms with E-state index in [0.717, 1.165) is 7.11 Å². The Bertz CT molecular complexity index is 692. The van der Waals surface area contributed by atoms with Crippen LogP contribution in [0.3, 0.4) is 0 Å². The number of methoxy groups -OCH3 is 1. The molecule has 0 bridgehead atoms. The van der Waals surface area contributed by atoms with E-state index in [0.29, 0.717) is 0 Å². The molecule has 1 aliphatic heterocycles. The fourth-order valence-corrected chi connectivity index (χ4v) is 2.43. The van der Waals surface area contributed by atoms with Crippen molar-refractivity contribution < 1.29 is 49.7 Å². The maximum atomic E-state index is 13.8. The largest absolute Gasteiger partial charge is 0.468 e. The molecule has 4 nitrogen and oxygen atoms in total. The molecule has 1 aromatic carbocycles. The van der Waals surface area contributed by atoms with Crippen LogP contribution in [0, 0.1) is 29.1 Å². The first kappa shape index (κ1) is 20.4. The first-order valence-electron chi connectivity index (χ1n) is 7.01. The summed E-state index contributed by atoms with van der Waals surface area (Å²) in [4.78, 5) is 3.16. The molecule has 12 heteroatoms. The monoisotopic (exact) mass is 393 g/mol. The number of aliphatic imine (C=N–C) groups is 1. The van der Waals surface area contributed by atoms with Gasteiger partial charge < -0.3 is 14.6 Å². The van der Waals surface area contributed by atoms with Gasteiger partial charge in [-0.25, -0.2) is 26.9 Å². The van der Waals surface area contributed by atoms with Gasteiger partial charge in [0.2, 0.25) is 12.1 Å². The Labute approximate surface area is 141 Å². The highest BCUT2D eigenvalue weighted by molar-refractivity contribution is 5.82. The van der Waals surface area contributed by atoms with Crippen LogP contribution in [0.15, 0.2) is 4.99 Å². The van der Waals surface area contributed by atoms with Gasteiger partial charge in [0.1, 0.15) is 0 Å². The van der Waals surface area contributed by atoms with E-state index in [9.17, 15) is 40.2 Å². The van der Waals surface area contributed by atoms with Gasteiger partial charge in [0.15, 0.2) is 23.3 Å². The molecule has 3 unspecified atom stereocenters. The fourth-order valence-electron chi connectivity index (χ4n) is 2.43. The number of rotatable bonds is 4. The van der Waals surface area contributed by atoms with E-state index in [2.05, 4.69) is 9.73 Å². The molecule has 0 aliphatic carbocycles. The number of hydrogen-bond donors (Lipinski definition) is 1. The Hall–Kier alpha value is -1.95. The number of ether oxygens (including phenoxy) is 2. The van der Waals surface area contributed by atoms with Gasteiger partial charge in [-0.05, 0) is 0 Å². The molecule has 1 heterocycles. The summed E-state index contributed by atoms with van der Waals surface area (Å²) < 4.78 is 114. The van der Waals surface area contributed by atoms with E-state index in [1.165, 1.54) is 0 Å². The van der Waals surface area contributed by atoms with E-state index in [4.69, 9.17) is 4.74 Å². The number of benzene rings is 1. The van der Waals surface area contributed by atoms with Crippen molar-refractivity contribution in [3.63, 3.8) is 0 Å². The van der Waals surface area contributed by atoms with E-state index < -0.39 is 78.0 Å². The first-order valence-corrected chi connectivity index (χ1v) is 7.01. The average molecular weight is 393 g/mol. The van der Waals surface area contributed by atoms with Gasteiger partial charge in [-0.15, -0.1) is 0 Å². The molecule has 146 valence electrons. The zero-order valence-corrected chi connectivity index (χ0v) is 12.9. The molecular weight excluding hydrogens is 382 g/mol. The summed E-state index contributed by atoms with van der Waals surface area (Å²) >= 11 is 0. The number of alkyl halides is 3. The Morgan fingerprint density at radius 1 is 1.08 bits per heavy atom. The Morgan fingerprint density at radius 3 is 2.04 bits per heavy atom. The lowest BCUT2D eigenvalue weighted by atomic mass is 9.98. The SMILES string of the molecule is COC(CC1CC(O)OC(C(F)(F)F)=N1)c1c(F)c(F)c(F)c(F)c1F. The van der Waals surface area contributed by atoms with E-state index >= 15 is 0 Å². The first-order chi connectivity index (χ1) is 12.0. The second kappa shape index (κ2) is 7.35. The van der Waals surface area contributed by atoms with Crippen molar-refractivity contribution in [2.45, 2.75) is 37.5 Å². The third-order valence-corrected chi connectivity index (χ3v) is 3.60. The van der Waals surface area contributed by atoms with Crippen molar-refractivity contribution in [1.29, 1.82) is 0 Å². The molecule has 26 heavy (non-hydrogen) atoms. The van der Waals surface area contributed by atoms with Crippen molar-refractivity contribution in [3.05, 3.63) is 34.6 Å². The van der Waals surface area contributed by atoms with Crippen LogP contribution < -0.4 is 0 Å². The molecule has 3 atom stereocenters. The normalized spacial score (nSPS) is 22.0. The predicted molar refractivity (Wildman–Crippen MR) is 69.6 cm³/mol. The summed E-state index contributed by atoms with van der Waals surface area (Å²) in [6.07, 6.45) is -9.97. The van der Waals surface area contributed by atoms with Gasteiger partial charge in [-0.1, -0.05) is 0 Å².